The van der Waals surface area contributed by atoms with Crippen molar-refractivity contribution in [3.63, 3.8) is 0 Å². The molecule has 0 radical (unpaired) electrons. The van der Waals surface area contributed by atoms with Crippen LogP contribution in [0, 0.1) is 6.92 Å². The fraction of sp³-hybridized carbons (Fsp3) is 0.250. The number of hydroxylamine groups is 1. The van der Waals surface area contributed by atoms with Gasteiger partial charge in [-0.1, -0.05) is 30.3 Å². The molecule has 0 saturated carbocycles. The number of ether oxygens (including phenoxy) is 1. The van der Waals surface area contributed by atoms with Gasteiger partial charge in [-0.25, -0.2) is 10.3 Å². The lowest BCUT2D eigenvalue weighted by Gasteiger charge is -2.22. The van der Waals surface area contributed by atoms with Gasteiger partial charge in [0.2, 0.25) is 0 Å². The molecule has 1 aliphatic heterocycles. The van der Waals surface area contributed by atoms with Crippen molar-refractivity contribution in [2.75, 3.05) is 13.2 Å². The smallest absolute Gasteiger partial charge is 0.341 e. The number of furan rings is 1. The summed E-state index contributed by atoms with van der Waals surface area (Å²) in [5.74, 6) is 0.790. The average molecular weight is 300 g/mol. The Morgan fingerprint density at radius 1 is 1.36 bits per heavy atom. The molecule has 0 spiro atoms. The number of hydrogen-bond acceptors (Lipinski definition) is 6. The van der Waals surface area contributed by atoms with Gasteiger partial charge in [0.15, 0.2) is 5.84 Å². The minimum absolute atomic E-state index is 0.127. The molecule has 2 heterocycles. The molecule has 0 unspecified atom stereocenters. The van der Waals surface area contributed by atoms with E-state index in [4.69, 9.17) is 14.0 Å². The van der Waals surface area contributed by atoms with Crippen molar-refractivity contribution >= 4 is 11.8 Å². The first-order valence-corrected chi connectivity index (χ1v) is 6.97. The first-order valence-electron chi connectivity index (χ1n) is 6.97. The van der Waals surface area contributed by atoms with Gasteiger partial charge in [-0.2, -0.15) is 0 Å². The molecule has 114 valence electrons. The van der Waals surface area contributed by atoms with E-state index < -0.39 is 5.97 Å². The molecule has 2 aromatic rings. The van der Waals surface area contributed by atoms with Gasteiger partial charge in [0.25, 0.3) is 0 Å². The normalized spacial score (nSPS) is 17.5. The van der Waals surface area contributed by atoms with E-state index in [-0.39, 0.29) is 12.7 Å². The standard InChI is InChI=1S/C16H16N2O4/c1-11-14(7-8-20-11)16(19)21-10-13-9-17-15(18-22-13)12-5-3-2-4-6-12/h2-8,13H,9-10H2,1H3,(H,17,18)/t13-/m1/s1. The van der Waals surface area contributed by atoms with E-state index in [9.17, 15) is 4.79 Å². The number of carbonyl (C=O) groups is 1. The zero-order chi connectivity index (χ0) is 15.4. The van der Waals surface area contributed by atoms with Crippen LogP contribution in [0.4, 0.5) is 0 Å². The molecule has 1 aromatic heterocycles. The number of rotatable bonds is 4. The van der Waals surface area contributed by atoms with Gasteiger partial charge in [-0.15, -0.1) is 0 Å². The van der Waals surface area contributed by atoms with Gasteiger partial charge in [0.05, 0.1) is 12.8 Å². The van der Waals surface area contributed by atoms with Crippen LogP contribution in [0.15, 0.2) is 52.1 Å². The molecule has 0 bridgehead atoms. The molecular formula is C16H16N2O4. The first-order chi connectivity index (χ1) is 10.7. The van der Waals surface area contributed by atoms with Crippen molar-refractivity contribution in [1.82, 2.24) is 5.48 Å². The molecule has 0 amide bonds. The number of nitrogens with zero attached hydrogens (tertiary/aromatic N) is 1. The van der Waals surface area contributed by atoms with E-state index in [0.717, 1.165) is 5.56 Å². The fourth-order valence-electron chi connectivity index (χ4n) is 2.08. The summed E-state index contributed by atoms with van der Waals surface area (Å²) in [6, 6.07) is 11.3. The number of benzene rings is 1. The van der Waals surface area contributed by atoms with E-state index in [1.165, 1.54) is 6.26 Å². The van der Waals surface area contributed by atoms with Gasteiger partial charge >= 0.3 is 5.97 Å². The molecule has 1 aromatic carbocycles. The molecule has 3 rings (SSSR count). The fourth-order valence-corrected chi connectivity index (χ4v) is 2.08. The van der Waals surface area contributed by atoms with Crippen molar-refractivity contribution in [1.29, 1.82) is 0 Å². The summed E-state index contributed by atoms with van der Waals surface area (Å²) in [7, 11) is 0. The Balaban J connectivity index is 1.53. The minimum atomic E-state index is -0.423. The van der Waals surface area contributed by atoms with Crippen LogP contribution < -0.4 is 5.48 Å². The van der Waals surface area contributed by atoms with Gasteiger partial charge in [-0.05, 0) is 13.0 Å². The molecule has 0 saturated heterocycles. The molecule has 1 N–H and O–H groups in total. The number of amidine groups is 1. The number of hydrogen-bond donors (Lipinski definition) is 1. The van der Waals surface area contributed by atoms with Crippen molar-refractivity contribution in [3.8, 4) is 0 Å². The van der Waals surface area contributed by atoms with E-state index in [0.29, 0.717) is 23.7 Å². The molecule has 1 aliphatic rings. The highest BCUT2D eigenvalue weighted by molar-refractivity contribution is 5.98. The quantitative estimate of drug-likeness (QED) is 0.875. The maximum absolute atomic E-state index is 11.9. The predicted octanol–water partition coefficient (Wildman–Crippen LogP) is 2.10. The van der Waals surface area contributed by atoms with Crippen molar-refractivity contribution in [2.45, 2.75) is 13.0 Å². The molecular weight excluding hydrogens is 284 g/mol. The van der Waals surface area contributed by atoms with Crippen molar-refractivity contribution < 1.29 is 18.8 Å². The van der Waals surface area contributed by atoms with Crippen molar-refractivity contribution in [3.05, 3.63) is 59.5 Å². The molecule has 6 nitrogen and oxygen atoms in total. The van der Waals surface area contributed by atoms with Gasteiger partial charge in [0.1, 0.15) is 24.0 Å². The summed E-state index contributed by atoms with van der Waals surface area (Å²) in [5, 5.41) is 0. The third-order valence-electron chi connectivity index (χ3n) is 3.30. The lowest BCUT2D eigenvalue weighted by molar-refractivity contribution is -0.0349. The largest absolute Gasteiger partial charge is 0.469 e. The number of carbonyl (C=O) groups excluding carboxylic acids is 1. The second-order valence-electron chi connectivity index (χ2n) is 4.89. The summed E-state index contributed by atoms with van der Waals surface area (Å²) in [5.41, 5.74) is 4.17. The first kappa shape index (κ1) is 14.3. The van der Waals surface area contributed by atoms with Crippen LogP contribution in [-0.4, -0.2) is 31.1 Å². The lowest BCUT2D eigenvalue weighted by atomic mass is 10.2. The van der Waals surface area contributed by atoms with Gasteiger partial charge in [0, 0.05) is 5.56 Å². The molecule has 1 atom stereocenters. The summed E-state index contributed by atoms with van der Waals surface area (Å²) < 4.78 is 10.3. The summed E-state index contributed by atoms with van der Waals surface area (Å²) in [6.07, 6.45) is 1.14. The Morgan fingerprint density at radius 2 is 2.18 bits per heavy atom. The maximum Gasteiger partial charge on any atom is 0.341 e. The highest BCUT2D eigenvalue weighted by Crippen LogP contribution is 2.11. The van der Waals surface area contributed by atoms with Crippen LogP contribution in [0.25, 0.3) is 0 Å². The van der Waals surface area contributed by atoms with Crippen LogP contribution in [0.3, 0.4) is 0 Å². The highest BCUT2D eigenvalue weighted by Gasteiger charge is 2.20. The average Bonchev–Trinajstić information content (AvgIpc) is 3.00. The lowest BCUT2D eigenvalue weighted by Crippen LogP contribution is -2.40. The van der Waals surface area contributed by atoms with Gasteiger partial charge in [-0.3, -0.25) is 9.83 Å². The van der Waals surface area contributed by atoms with Crippen LogP contribution >= 0.6 is 0 Å². The Morgan fingerprint density at radius 3 is 2.82 bits per heavy atom. The number of nitrogens with one attached hydrogen (secondary N) is 1. The van der Waals surface area contributed by atoms with Gasteiger partial charge < -0.3 is 9.15 Å². The summed E-state index contributed by atoms with van der Waals surface area (Å²) >= 11 is 0. The predicted molar refractivity (Wildman–Crippen MR) is 79.6 cm³/mol. The Labute approximate surface area is 127 Å². The third kappa shape index (κ3) is 3.17. The number of aliphatic imine (C=N–C) groups is 1. The molecule has 6 heteroatoms. The SMILES string of the molecule is Cc1occc1C(=O)OC[C@H]1CN=C(c2ccccc2)NO1. The van der Waals surface area contributed by atoms with E-state index in [1.807, 2.05) is 30.3 Å². The Bertz CT molecular complexity index is 678. The highest BCUT2D eigenvalue weighted by atomic mass is 16.7. The summed E-state index contributed by atoms with van der Waals surface area (Å²) in [4.78, 5) is 21.7. The molecule has 0 fully saturated rings. The summed E-state index contributed by atoms with van der Waals surface area (Å²) in [6.45, 7) is 2.27. The minimum Gasteiger partial charge on any atom is -0.469 e. The van der Waals surface area contributed by atoms with Crippen LogP contribution in [0.1, 0.15) is 21.7 Å². The molecule has 0 aliphatic carbocycles. The van der Waals surface area contributed by atoms with Crippen LogP contribution in [0.2, 0.25) is 0 Å². The van der Waals surface area contributed by atoms with E-state index >= 15 is 0 Å². The topological polar surface area (TPSA) is 73.1 Å². The van der Waals surface area contributed by atoms with E-state index in [1.54, 1.807) is 13.0 Å². The Kier molecular flexibility index (Phi) is 4.20. The van der Waals surface area contributed by atoms with Crippen molar-refractivity contribution in [2.24, 2.45) is 4.99 Å². The monoisotopic (exact) mass is 300 g/mol. The van der Waals surface area contributed by atoms with Crippen LogP contribution in [-0.2, 0) is 9.57 Å². The Hall–Kier alpha value is -2.60. The number of aryl methyl sites for hydroxylation is 1. The number of esters is 1. The zero-order valence-corrected chi connectivity index (χ0v) is 12.1. The second kappa shape index (κ2) is 6.44. The van der Waals surface area contributed by atoms with E-state index in [2.05, 4.69) is 10.5 Å². The maximum atomic E-state index is 11.9. The van der Waals surface area contributed by atoms with Crippen LogP contribution in [0.5, 0.6) is 0 Å². The molecule has 22 heavy (non-hydrogen) atoms. The second-order valence-corrected chi connectivity index (χ2v) is 4.89. The third-order valence-corrected chi connectivity index (χ3v) is 3.30. The zero-order valence-electron chi connectivity index (χ0n) is 12.1.